The predicted octanol–water partition coefficient (Wildman–Crippen LogP) is 5.60. The van der Waals surface area contributed by atoms with Crippen LogP contribution in [0.3, 0.4) is 0 Å². The van der Waals surface area contributed by atoms with Crippen molar-refractivity contribution in [2.75, 3.05) is 39.2 Å². The molecule has 2 unspecified atom stereocenters. The molecular weight excluding hydrogens is 480 g/mol. The van der Waals surface area contributed by atoms with E-state index in [2.05, 4.69) is 34.3 Å². The van der Waals surface area contributed by atoms with Crippen LogP contribution >= 0.6 is 23.1 Å². The molecule has 2 atom stereocenters. The maximum absolute atomic E-state index is 11.4. The summed E-state index contributed by atoms with van der Waals surface area (Å²) in [5, 5.41) is 25.3. The zero-order valence-electron chi connectivity index (χ0n) is 20.6. The van der Waals surface area contributed by atoms with Gasteiger partial charge < -0.3 is 19.8 Å². The fraction of sp³-hybridized carbons (Fsp3) is 0.444. The van der Waals surface area contributed by atoms with Crippen LogP contribution in [0, 0.1) is 0 Å². The Kier molecular flexibility index (Phi) is 9.08. The summed E-state index contributed by atoms with van der Waals surface area (Å²) in [5.41, 5.74) is 5.22. The van der Waals surface area contributed by atoms with Crippen LogP contribution in [0.2, 0.25) is 0 Å². The summed E-state index contributed by atoms with van der Waals surface area (Å²) >= 11 is 3.39. The van der Waals surface area contributed by atoms with Crippen LogP contribution in [-0.2, 0) is 11.2 Å². The quantitative estimate of drug-likeness (QED) is 0.207. The molecule has 2 N–H and O–H groups in total. The van der Waals surface area contributed by atoms with E-state index in [9.17, 15) is 10.3 Å². The largest absolute Gasteiger partial charge is 0.497 e. The maximum atomic E-state index is 11.4. The zero-order chi connectivity index (χ0) is 24.8. The molecule has 0 amide bonds. The topological polar surface area (TPSA) is 74.5 Å². The Labute approximate surface area is 215 Å². The van der Waals surface area contributed by atoms with Gasteiger partial charge in [0.05, 0.1) is 35.1 Å². The third-order valence-corrected chi connectivity index (χ3v) is 9.25. The van der Waals surface area contributed by atoms with E-state index in [0.717, 1.165) is 38.1 Å². The molecule has 6 nitrogen and oxygen atoms in total. The molecule has 1 aromatic heterocycles. The van der Waals surface area contributed by atoms with Gasteiger partial charge >= 0.3 is 0 Å². The van der Waals surface area contributed by atoms with E-state index >= 15 is 0 Å². The first-order chi connectivity index (χ1) is 17.1. The summed E-state index contributed by atoms with van der Waals surface area (Å²) in [7, 11) is 1.66. The summed E-state index contributed by atoms with van der Waals surface area (Å²) in [4.78, 5) is 3.03. The highest BCUT2D eigenvalue weighted by atomic mass is 32.2. The minimum atomic E-state index is -0.696. The van der Waals surface area contributed by atoms with Crippen molar-refractivity contribution in [1.29, 1.82) is 0 Å². The van der Waals surface area contributed by atoms with E-state index in [1.165, 1.54) is 11.1 Å². The Bertz CT molecular complexity index is 1090. The van der Waals surface area contributed by atoms with Crippen LogP contribution in [0.4, 0.5) is 0 Å². The van der Waals surface area contributed by atoms with E-state index in [1.54, 1.807) is 30.2 Å². The first-order valence-electron chi connectivity index (χ1n) is 12.0. The first kappa shape index (κ1) is 26.0. The normalized spacial score (nSPS) is 21.4. The number of methoxy groups -OCH3 is 1. The number of hydrogen-bond acceptors (Lipinski definition) is 8. The number of aliphatic hydroxyl groups excluding tert-OH is 1. The molecule has 188 valence electrons. The molecule has 0 spiro atoms. The van der Waals surface area contributed by atoms with Gasteiger partial charge in [0.25, 0.3) is 0 Å². The number of ether oxygens (including phenoxy) is 2. The second-order valence-corrected chi connectivity index (χ2v) is 11.0. The van der Waals surface area contributed by atoms with E-state index < -0.39 is 6.23 Å². The minimum Gasteiger partial charge on any atom is -0.497 e. The molecule has 1 fully saturated rings. The monoisotopic (exact) mass is 514 g/mol. The molecular formula is C27H34N2O4S2. The van der Waals surface area contributed by atoms with E-state index in [4.69, 9.17) is 9.47 Å². The Balaban J connectivity index is 1.71. The van der Waals surface area contributed by atoms with Crippen molar-refractivity contribution in [3.8, 4) is 5.75 Å². The van der Waals surface area contributed by atoms with Gasteiger partial charge in [-0.1, -0.05) is 35.5 Å². The number of allylic oxidation sites excluding steroid dienone is 3. The molecule has 1 aliphatic carbocycles. The fourth-order valence-corrected chi connectivity index (χ4v) is 7.43. The molecule has 8 heteroatoms. The lowest BCUT2D eigenvalue weighted by molar-refractivity contribution is -0.0590. The number of hydrogen-bond donors (Lipinski definition) is 2. The second-order valence-electron chi connectivity index (χ2n) is 8.71. The lowest BCUT2D eigenvalue weighted by Crippen LogP contribution is -2.39. The number of aliphatic hydroxyl groups is 1. The van der Waals surface area contributed by atoms with Crippen LogP contribution in [-0.4, -0.2) is 60.1 Å². The van der Waals surface area contributed by atoms with Crippen LogP contribution in [0.25, 0.3) is 0 Å². The molecule has 1 aromatic carbocycles. The third-order valence-electron chi connectivity index (χ3n) is 6.64. The van der Waals surface area contributed by atoms with E-state index in [-0.39, 0.29) is 5.92 Å². The lowest BCUT2D eigenvalue weighted by Gasteiger charge is -2.32. The van der Waals surface area contributed by atoms with Crippen LogP contribution in [0.15, 0.2) is 57.4 Å². The molecule has 4 rings (SSSR count). The SMILES string of the molecule is C/C=C\C(=C/C)CSc1sc(C(O)N2CCOCC2)c2c1/C(=N/O)CC(c1ccc(OC)cc1)C2. The van der Waals surface area contributed by atoms with Gasteiger partial charge in [0.1, 0.15) is 12.0 Å². The highest BCUT2D eigenvalue weighted by molar-refractivity contribution is 8.01. The molecule has 2 aromatic rings. The Hall–Kier alpha value is -2.10. The minimum absolute atomic E-state index is 0.163. The van der Waals surface area contributed by atoms with Crippen molar-refractivity contribution in [2.45, 2.75) is 43.0 Å². The van der Waals surface area contributed by atoms with Crippen molar-refractivity contribution in [2.24, 2.45) is 5.16 Å². The van der Waals surface area contributed by atoms with Gasteiger partial charge in [-0.25, -0.2) is 0 Å². The molecule has 2 aliphatic rings. The van der Waals surface area contributed by atoms with Crippen molar-refractivity contribution in [3.63, 3.8) is 0 Å². The van der Waals surface area contributed by atoms with Gasteiger partial charge in [-0.2, -0.15) is 0 Å². The highest BCUT2D eigenvalue weighted by Crippen LogP contribution is 2.47. The zero-order valence-corrected chi connectivity index (χ0v) is 22.2. The van der Waals surface area contributed by atoms with Crippen molar-refractivity contribution >= 4 is 28.8 Å². The molecule has 2 heterocycles. The van der Waals surface area contributed by atoms with Gasteiger partial charge in [-0.05, 0) is 55.0 Å². The summed E-state index contributed by atoms with van der Waals surface area (Å²) in [5.74, 6) is 1.80. The number of thioether (sulfide) groups is 1. The maximum Gasteiger partial charge on any atom is 0.143 e. The summed E-state index contributed by atoms with van der Waals surface area (Å²) in [6, 6.07) is 8.11. The van der Waals surface area contributed by atoms with Gasteiger partial charge in [0.2, 0.25) is 0 Å². The predicted molar refractivity (Wildman–Crippen MR) is 143 cm³/mol. The number of thiophene rings is 1. The average molecular weight is 515 g/mol. The molecule has 35 heavy (non-hydrogen) atoms. The number of morpholine rings is 1. The Morgan fingerprint density at radius 3 is 2.63 bits per heavy atom. The molecule has 0 bridgehead atoms. The first-order valence-corrected chi connectivity index (χ1v) is 13.8. The number of fused-ring (bicyclic) bond motifs is 1. The third kappa shape index (κ3) is 5.84. The number of benzene rings is 1. The summed E-state index contributed by atoms with van der Waals surface area (Å²) < 4.78 is 11.9. The average Bonchev–Trinajstić information content (AvgIpc) is 3.29. The highest BCUT2D eigenvalue weighted by Gasteiger charge is 2.35. The van der Waals surface area contributed by atoms with Gasteiger partial charge in [0, 0.05) is 30.8 Å². The van der Waals surface area contributed by atoms with Crippen molar-refractivity contribution in [1.82, 2.24) is 4.90 Å². The Morgan fingerprint density at radius 2 is 2.00 bits per heavy atom. The summed E-state index contributed by atoms with van der Waals surface area (Å²) in [6.07, 6.45) is 7.04. The van der Waals surface area contributed by atoms with Crippen LogP contribution < -0.4 is 4.74 Å². The Morgan fingerprint density at radius 1 is 1.26 bits per heavy atom. The smallest absolute Gasteiger partial charge is 0.143 e. The second kappa shape index (κ2) is 12.2. The summed E-state index contributed by atoms with van der Waals surface area (Å²) in [6.45, 7) is 6.71. The number of rotatable bonds is 8. The van der Waals surface area contributed by atoms with Gasteiger partial charge in [-0.3, -0.25) is 4.90 Å². The molecule has 0 saturated carbocycles. The molecule has 1 aliphatic heterocycles. The number of oxime groups is 1. The van der Waals surface area contributed by atoms with E-state index in [0.29, 0.717) is 38.4 Å². The van der Waals surface area contributed by atoms with E-state index in [1.807, 2.05) is 32.1 Å². The van der Waals surface area contributed by atoms with Gasteiger partial charge in [-0.15, -0.1) is 23.1 Å². The van der Waals surface area contributed by atoms with Crippen molar-refractivity contribution < 1.29 is 19.8 Å². The fourth-order valence-electron chi connectivity index (χ4n) is 4.70. The molecule has 0 radical (unpaired) electrons. The van der Waals surface area contributed by atoms with Gasteiger partial charge in [0.15, 0.2) is 0 Å². The molecule has 1 saturated heterocycles. The van der Waals surface area contributed by atoms with Crippen molar-refractivity contribution in [3.05, 3.63) is 69.6 Å². The number of nitrogens with zero attached hydrogens (tertiary/aromatic N) is 2. The van der Waals surface area contributed by atoms with Crippen LogP contribution in [0.5, 0.6) is 5.75 Å². The lowest BCUT2D eigenvalue weighted by atomic mass is 9.79. The standard InChI is InChI=1S/C27H34N2O4S2/c1-4-6-18(5-2)17-34-27-24-22(25(35-27)26(30)29-11-13-33-14-12-29)15-20(16-23(24)28-31)19-7-9-21(32-3)10-8-19/h4-10,20,26,30-31H,11-17H2,1-3H3/b6-4-,18-5+,28-23+. The van der Waals surface area contributed by atoms with Crippen LogP contribution in [0.1, 0.15) is 54.0 Å².